The van der Waals surface area contributed by atoms with Gasteiger partial charge in [-0.1, -0.05) is 50.1 Å². The van der Waals surface area contributed by atoms with Gasteiger partial charge in [0.2, 0.25) is 0 Å². The molecule has 0 spiro atoms. The second-order valence-corrected chi connectivity index (χ2v) is 3.80. The van der Waals surface area contributed by atoms with Gasteiger partial charge in [-0.25, -0.2) is 0 Å². The van der Waals surface area contributed by atoms with E-state index in [0.29, 0.717) is 12.0 Å². The van der Waals surface area contributed by atoms with E-state index in [1.54, 1.807) is 12.1 Å². The van der Waals surface area contributed by atoms with Gasteiger partial charge in [0.15, 0.2) is 5.60 Å². The van der Waals surface area contributed by atoms with Gasteiger partial charge in [0, 0.05) is 0 Å². The summed E-state index contributed by atoms with van der Waals surface area (Å²) >= 11 is 0. The topological polar surface area (TPSA) is 44.0 Å². The standard InChI is InChI=1S/C13H17NO/c1-2-3-7-10-13(15,11-14)12-8-5-4-6-9-12/h4-6,8-9,15H,2-3,7,10H2,1H3/t13-/m1/s1. The van der Waals surface area contributed by atoms with Gasteiger partial charge in [-0.05, 0) is 18.4 Å². The molecule has 80 valence electrons. The van der Waals surface area contributed by atoms with Gasteiger partial charge in [0.05, 0.1) is 0 Å². The molecule has 0 aliphatic rings. The Balaban J connectivity index is 2.73. The van der Waals surface area contributed by atoms with Gasteiger partial charge < -0.3 is 5.11 Å². The molecule has 0 aliphatic heterocycles. The van der Waals surface area contributed by atoms with E-state index in [1.165, 1.54) is 0 Å². The quantitative estimate of drug-likeness (QED) is 0.590. The molecule has 0 saturated heterocycles. The third-order valence-corrected chi connectivity index (χ3v) is 2.58. The van der Waals surface area contributed by atoms with Crippen LogP contribution in [0.5, 0.6) is 0 Å². The van der Waals surface area contributed by atoms with Crippen LogP contribution in [0.1, 0.15) is 38.2 Å². The van der Waals surface area contributed by atoms with Crippen molar-refractivity contribution in [2.75, 3.05) is 0 Å². The summed E-state index contributed by atoms with van der Waals surface area (Å²) in [6.07, 6.45) is 3.55. The molecule has 0 aromatic heterocycles. The number of rotatable bonds is 5. The number of aliphatic hydroxyl groups is 1. The molecule has 0 aliphatic carbocycles. The van der Waals surface area contributed by atoms with Crippen molar-refractivity contribution in [3.05, 3.63) is 35.9 Å². The van der Waals surface area contributed by atoms with Crippen molar-refractivity contribution in [3.8, 4) is 6.07 Å². The second-order valence-electron chi connectivity index (χ2n) is 3.80. The zero-order valence-electron chi connectivity index (χ0n) is 9.11. The van der Waals surface area contributed by atoms with Crippen LogP contribution in [0.3, 0.4) is 0 Å². The summed E-state index contributed by atoms with van der Waals surface area (Å²) in [5.74, 6) is 0. The van der Waals surface area contributed by atoms with Gasteiger partial charge in [0.25, 0.3) is 0 Å². The molecule has 0 saturated carbocycles. The highest BCUT2D eigenvalue weighted by atomic mass is 16.3. The molecular weight excluding hydrogens is 186 g/mol. The Morgan fingerprint density at radius 1 is 1.27 bits per heavy atom. The Morgan fingerprint density at radius 2 is 1.93 bits per heavy atom. The first-order chi connectivity index (χ1) is 7.23. The highest BCUT2D eigenvalue weighted by Gasteiger charge is 2.27. The van der Waals surface area contributed by atoms with E-state index in [0.717, 1.165) is 19.3 Å². The fourth-order valence-electron chi connectivity index (χ4n) is 1.61. The van der Waals surface area contributed by atoms with Crippen LogP contribution in [0.2, 0.25) is 0 Å². The molecule has 1 aromatic carbocycles. The van der Waals surface area contributed by atoms with Crippen LogP contribution in [0.4, 0.5) is 0 Å². The van der Waals surface area contributed by atoms with Crippen LogP contribution in [-0.4, -0.2) is 5.11 Å². The summed E-state index contributed by atoms with van der Waals surface area (Å²) in [5, 5.41) is 19.2. The molecule has 1 rings (SSSR count). The van der Waals surface area contributed by atoms with Gasteiger partial charge in [-0.3, -0.25) is 0 Å². The Morgan fingerprint density at radius 3 is 2.47 bits per heavy atom. The van der Waals surface area contributed by atoms with E-state index < -0.39 is 5.60 Å². The Labute approximate surface area is 91.2 Å². The van der Waals surface area contributed by atoms with Crippen LogP contribution in [0.15, 0.2) is 30.3 Å². The lowest BCUT2D eigenvalue weighted by atomic mass is 9.90. The number of unbranched alkanes of at least 4 members (excludes halogenated alkanes) is 2. The van der Waals surface area contributed by atoms with E-state index in [1.807, 2.05) is 24.3 Å². The Hall–Kier alpha value is -1.33. The molecule has 0 heterocycles. The molecule has 1 N–H and O–H groups in total. The first-order valence-electron chi connectivity index (χ1n) is 5.42. The first kappa shape index (κ1) is 11.7. The molecule has 2 nitrogen and oxygen atoms in total. The summed E-state index contributed by atoms with van der Waals surface area (Å²) in [5.41, 5.74) is -0.611. The van der Waals surface area contributed by atoms with Crippen molar-refractivity contribution < 1.29 is 5.11 Å². The summed E-state index contributed by atoms with van der Waals surface area (Å²) in [6, 6.07) is 11.2. The van der Waals surface area contributed by atoms with Crippen molar-refractivity contribution in [3.63, 3.8) is 0 Å². The number of nitrogens with zero attached hydrogens (tertiary/aromatic N) is 1. The lowest BCUT2D eigenvalue weighted by Crippen LogP contribution is -2.23. The molecule has 0 fully saturated rings. The summed E-state index contributed by atoms with van der Waals surface area (Å²) in [4.78, 5) is 0. The van der Waals surface area contributed by atoms with Crippen LogP contribution < -0.4 is 0 Å². The number of hydrogen-bond acceptors (Lipinski definition) is 2. The van der Waals surface area contributed by atoms with Gasteiger partial charge in [-0.2, -0.15) is 5.26 Å². The minimum absolute atomic E-state index is 0.515. The maximum absolute atomic E-state index is 10.2. The highest BCUT2D eigenvalue weighted by Crippen LogP contribution is 2.26. The smallest absolute Gasteiger partial charge is 0.176 e. The fourth-order valence-corrected chi connectivity index (χ4v) is 1.61. The summed E-state index contributed by atoms with van der Waals surface area (Å²) in [7, 11) is 0. The molecule has 0 radical (unpaired) electrons. The molecule has 0 amide bonds. The average molecular weight is 203 g/mol. The molecule has 0 unspecified atom stereocenters. The zero-order chi connectivity index (χ0) is 11.1. The van der Waals surface area contributed by atoms with Crippen molar-refractivity contribution >= 4 is 0 Å². The summed E-state index contributed by atoms with van der Waals surface area (Å²) < 4.78 is 0. The van der Waals surface area contributed by atoms with Crippen LogP contribution in [0, 0.1) is 11.3 Å². The maximum Gasteiger partial charge on any atom is 0.176 e. The van der Waals surface area contributed by atoms with Gasteiger partial charge >= 0.3 is 0 Å². The van der Waals surface area contributed by atoms with Crippen LogP contribution in [0.25, 0.3) is 0 Å². The fraction of sp³-hybridized carbons (Fsp3) is 0.462. The minimum Gasteiger partial charge on any atom is -0.371 e. The van der Waals surface area contributed by atoms with Gasteiger partial charge in [0.1, 0.15) is 6.07 Å². The zero-order valence-corrected chi connectivity index (χ0v) is 9.11. The first-order valence-corrected chi connectivity index (χ1v) is 5.42. The molecule has 1 aromatic rings. The second kappa shape index (κ2) is 5.53. The number of hydrogen-bond donors (Lipinski definition) is 1. The lowest BCUT2D eigenvalue weighted by Gasteiger charge is -2.20. The minimum atomic E-state index is -1.31. The average Bonchev–Trinajstić information content (AvgIpc) is 2.30. The number of benzene rings is 1. The molecular formula is C13H17NO. The normalized spacial score (nSPS) is 14.2. The lowest BCUT2D eigenvalue weighted by molar-refractivity contribution is 0.0847. The number of nitriles is 1. The molecule has 15 heavy (non-hydrogen) atoms. The van der Waals surface area contributed by atoms with Crippen LogP contribution in [-0.2, 0) is 5.60 Å². The van der Waals surface area contributed by atoms with Gasteiger partial charge in [-0.15, -0.1) is 0 Å². The Bertz CT molecular complexity index is 328. The van der Waals surface area contributed by atoms with E-state index in [-0.39, 0.29) is 0 Å². The maximum atomic E-state index is 10.2. The third-order valence-electron chi connectivity index (χ3n) is 2.58. The van der Waals surface area contributed by atoms with E-state index in [2.05, 4.69) is 6.92 Å². The highest BCUT2D eigenvalue weighted by molar-refractivity contribution is 5.28. The van der Waals surface area contributed by atoms with Crippen molar-refractivity contribution in [1.29, 1.82) is 5.26 Å². The predicted molar refractivity (Wildman–Crippen MR) is 60.1 cm³/mol. The van der Waals surface area contributed by atoms with Crippen molar-refractivity contribution in [2.45, 2.75) is 38.2 Å². The van der Waals surface area contributed by atoms with E-state index >= 15 is 0 Å². The van der Waals surface area contributed by atoms with E-state index in [4.69, 9.17) is 5.26 Å². The van der Waals surface area contributed by atoms with E-state index in [9.17, 15) is 5.11 Å². The molecule has 2 heteroatoms. The van der Waals surface area contributed by atoms with Crippen molar-refractivity contribution in [1.82, 2.24) is 0 Å². The van der Waals surface area contributed by atoms with Crippen LogP contribution >= 0.6 is 0 Å². The molecule has 0 bridgehead atoms. The Kier molecular flexibility index (Phi) is 4.33. The SMILES string of the molecule is CCCCC[C@@](O)(C#N)c1ccccc1. The molecule has 1 atom stereocenters. The predicted octanol–water partition coefficient (Wildman–Crippen LogP) is 2.98. The monoisotopic (exact) mass is 203 g/mol. The summed E-state index contributed by atoms with van der Waals surface area (Å²) in [6.45, 7) is 2.11. The van der Waals surface area contributed by atoms with Crippen molar-refractivity contribution in [2.24, 2.45) is 0 Å². The largest absolute Gasteiger partial charge is 0.371 e. The third kappa shape index (κ3) is 3.07.